The molecule has 0 saturated heterocycles. The van der Waals surface area contributed by atoms with E-state index in [4.69, 9.17) is 22.1 Å². The van der Waals surface area contributed by atoms with Gasteiger partial charge in [-0.1, -0.05) is 0 Å². The topological polar surface area (TPSA) is 47.6 Å². The van der Waals surface area contributed by atoms with Gasteiger partial charge in [0.05, 0.1) is 13.0 Å². The highest BCUT2D eigenvalue weighted by Gasteiger charge is 2.03. The van der Waals surface area contributed by atoms with Crippen molar-refractivity contribution in [2.45, 2.75) is 0 Å². The van der Waals surface area contributed by atoms with Gasteiger partial charge in [-0.25, -0.2) is 9.38 Å². The molecule has 0 amide bonds. The lowest BCUT2D eigenvalue weighted by Gasteiger charge is -2.02. The molecule has 1 aromatic rings. The first kappa shape index (κ1) is 10.8. The third-order valence-electron chi connectivity index (χ3n) is 1.55. The number of hydrogen-bond acceptors (Lipinski definition) is 2. The van der Waals surface area contributed by atoms with Crippen LogP contribution in [0.4, 0.5) is 10.1 Å². The van der Waals surface area contributed by atoms with Crippen LogP contribution in [0.3, 0.4) is 0 Å². The Labute approximate surface area is 86.3 Å². The Morgan fingerprint density at radius 2 is 2.36 bits per heavy atom. The standard InChI is InChI=1S/C9H10ClFN2O/c1-14-6-2-3-7(11)8(4-6)13-9(12)5-10/h2-4H,5H2,1H3,(H2,12,13). The monoisotopic (exact) mass is 216 g/mol. The van der Waals surface area contributed by atoms with Gasteiger partial charge in [-0.2, -0.15) is 0 Å². The summed E-state index contributed by atoms with van der Waals surface area (Å²) in [5.74, 6) is 0.293. The fourth-order valence-electron chi connectivity index (χ4n) is 0.890. The van der Waals surface area contributed by atoms with Crippen molar-refractivity contribution in [1.29, 1.82) is 0 Å². The number of nitrogens with two attached hydrogens (primary N) is 1. The number of aliphatic imine (C=N–C) groups is 1. The zero-order chi connectivity index (χ0) is 10.6. The second kappa shape index (κ2) is 4.81. The predicted octanol–water partition coefficient (Wildman–Crippen LogP) is 2.06. The van der Waals surface area contributed by atoms with Crippen LogP contribution < -0.4 is 10.5 Å². The summed E-state index contributed by atoms with van der Waals surface area (Å²) in [6.07, 6.45) is 0. The molecule has 14 heavy (non-hydrogen) atoms. The highest BCUT2D eigenvalue weighted by atomic mass is 35.5. The van der Waals surface area contributed by atoms with E-state index in [1.165, 1.54) is 25.3 Å². The van der Waals surface area contributed by atoms with Crippen molar-refractivity contribution in [2.24, 2.45) is 10.7 Å². The molecule has 0 aliphatic heterocycles. The molecule has 2 N–H and O–H groups in total. The highest BCUT2D eigenvalue weighted by molar-refractivity contribution is 6.28. The lowest BCUT2D eigenvalue weighted by Crippen LogP contribution is -2.12. The normalized spacial score (nSPS) is 11.5. The first-order valence-electron chi connectivity index (χ1n) is 3.90. The van der Waals surface area contributed by atoms with Gasteiger partial charge in [-0.3, -0.25) is 0 Å². The van der Waals surface area contributed by atoms with Crippen molar-refractivity contribution in [3.63, 3.8) is 0 Å². The van der Waals surface area contributed by atoms with Crippen molar-refractivity contribution in [3.8, 4) is 5.75 Å². The largest absolute Gasteiger partial charge is 0.497 e. The van der Waals surface area contributed by atoms with Crippen LogP contribution in [0.5, 0.6) is 5.75 Å². The van der Waals surface area contributed by atoms with E-state index < -0.39 is 5.82 Å². The summed E-state index contributed by atoms with van der Waals surface area (Å²) in [4.78, 5) is 3.79. The zero-order valence-electron chi connectivity index (χ0n) is 7.63. The van der Waals surface area contributed by atoms with Crippen molar-refractivity contribution < 1.29 is 9.13 Å². The number of nitrogens with zero attached hydrogens (tertiary/aromatic N) is 1. The smallest absolute Gasteiger partial charge is 0.149 e. The Hall–Kier alpha value is -1.29. The summed E-state index contributed by atoms with van der Waals surface area (Å²) in [7, 11) is 1.49. The molecule has 0 bridgehead atoms. The minimum Gasteiger partial charge on any atom is -0.497 e. The molecule has 0 spiro atoms. The van der Waals surface area contributed by atoms with Gasteiger partial charge in [0, 0.05) is 6.07 Å². The molecule has 3 nitrogen and oxygen atoms in total. The molecule has 0 heterocycles. The average Bonchev–Trinajstić information content (AvgIpc) is 2.21. The lowest BCUT2D eigenvalue weighted by molar-refractivity contribution is 0.414. The SMILES string of the molecule is COc1ccc(F)c(N=C(N)CCl)c1. The maximum Gasteiger partial charge on any atom is 0.149 e. The molecule has 0 atom stereocenters. The summed E-state index contributed by atoms with van der Waals surface area (Å²) < 4.78 is 18.1. The molecule has 0 aliphatic rings. The van der Waals surface area contributed by atoms with Gasteiger partial charge in [0.2, 0.25) is 0 Å². The number of ether oxygens (including phenoxy) is 1. The van der Waals surface area contributed by atoms with Gasteiger partial charge >= 0.3 is 0 Å². The molecule has 0 aromatic heterocycles. The van der Waals surface area contributed by atoms with E-state index in [-0.39, 0.29) is 17.4 Å². The quantitative estimate of drug-likeness (QED) is 0.478. The fraction of sp³-hybridized carbons (Fsp3) is 0.222. The fourth-order valence-corrected chi connectivity index (χ4v) is 0.949. The molecule has 0 fully saturated rings. The van der Waals surface area contributed by atoms with E-state index in [0.29, 0.717) is 5.75 Å². The Morgan fingerprint density at radius 1 is 1.64 bits per heavy atom. The van der Waals surface area contributed by atoms with Gasteiger partial charge in [-0.15, -0.1) is 11.6 Å². The van der Waals surface area contributed by atoms with E-state index in [1.807, 2.05) is 0 Å². The Bertz CT molecular complexity index is 355. The number of amidine groups is 1. The average molecular weight is 217 g/mol. The Balaban J connectivity index is 3.06. The van der Waals surface area contributed by atoms with Crippen LogP contribution in [0.1, 0.15) is 0 Å². The van der Waals surface area contributed by atoms with E-state index in [1.54, 1.807) is 0 Å². The molecular weight excluding hydrogens is 207 g/mol. The summed E-state index contributed by atoms with van der Waals surface area (Å²) >= 11 is 5.42. The molecule has 0 radical (unpaired) electrons. The van der Waals surface area contributed by atoms with Crippen LogP contribution in [0, 0.1) is 5.82 Å². The summed E-state index contributed by atoms with van der Waals surface area (Å²) in [6, 6.07) is 4.22. The van der Waals surface area contributed by atoms with Crippen LogP contribution in [0.15, 0.2) is 23.2 Å². The molecule has 0 aliphatic carbocycles. The number of rotatable bonds is 3. The Kier molecular flexibility index (Phi) is 3.71. The Morgan fingerprint density at radius 3 is 2.93 bits per heavy atom. The molecule has 1 rings (SSSR count). The van der Waals surface area contributed by atoms with Crippen molar-refractivity contribution in [3.05, 3.63) is 24.0 Å². The minimum atomic E-state index is -0.459. The van der Waals surface area contributed by atoms with Gasteiger partial charge in [0.25, 0.3) is 0 Å². The van der Waals surface area contributed by atoms with Crippen molar-refractivity contribution in [1.82, 2.24) is 0 Å². The van der Waals surface area contributed by atoms with Crippen molar-refractivity contribution >= 4 is 23.1 Å². The third-order valence-corrected chi connectivity index (χ3v) is 1.83. The van der Waals surface area contributed by atoms with E-state index >= 15 is 0 Å². The number of halogens is 2. The maximum atomic E-state index is 13.1. The number of hydrogen-bond donors (Lipinski definition) is 1. The highest BCUT2D eigenvalue weighted by Crippen LogP contribution is 2.23. The van der Waals surface area contributed by atoms with E-state index in [9.17, 15) is 4.39 Å². The summed E-state index contributed by atoms with van der Waals surface area (Å²) in [5.41, 5.74) is 5.50. The minimum absolute atomic E-state index is 0.0661. The predicted molar refractivity (Wildman–Crippen MR) is 55.0 cm³/mol. The van der Waals surface area contributed by atoms with Gasteiger partial charge in [0.15, 0.2) is 0 Å². The van der Waals surface area contributed by atoms with E-state index in [2.05, 4.69) is 4.99 Å². The second-order valence-electron chi connectivity index (χ2n) is 2.55. The van der Waals surface area contributed by atoms with Crippen LogP contribution >= 0.6 is 11.6 Å². The molecule has 5 heteroatoms. The summed E-state index contributed by atoms with van der Waals surface area (Å²) in [6.45, 7) is 0. The van der Waals surface area contributed by atoms with Crippen molar-refractivity contribution in [2.75, 3.05) is 13.0 Å². The van der Waals surface area contributed by atoms with Crippen LogP contribution in [-0.4, -0.2) is 18.8 Å². The maximum absolute atomic E-state index is 13.1. The second-order valence-corrected chi connectivity index (χ2v) is 2.82. The number of methoxy groups -OCH3 is 1. The number of alkyl halides is 1. The van der Waals surface area contributed by atoms with Crippen LogP contribution in [0.25, 0.3) is 0 Å². The zero-order valence-corrected chi connectivity index (χ0v) is 8.38. The van der Waals surface area contributed by atoms with Crippen LogP contribution in [0.2, 0.25) is 0 Å². The summed E-state index contributed by atoms with van der Waals surface area (Å²) in [5, 5.41) is 0. The van der Waals surface area contributed by atoms with E-state index in [0.717, 1.165) is 0 Å². The molecular formula is C9H10ClFN2O. The first-order valence-corrected chi connectivity index (χ1v) is 4.43. The first-order chi connectivity index (χ1) is 6.67. The van der Waals surface area contributed by atoms with Gasteiger partial charge in [0.1, 0.15) is 23.1 Å². The third kappa shape index (κ3) is 2.60. The molecule has 76 valence electrons. The lowest BCUT2D eigenvalue weighted by atomic mass is 10.3. The molecule has 0 saturated carbocycles. The van der Waals surface area contributed by atoms with Gasteiger partial charge in [-0.05, 0) is 12.1 Å². The van der Waals surface area contributed by atoms with Crippen LogP contribution in [-0.2, 0) is 0 Å². The van der Waals surface area contributed by atoms with Gasteiger partial charge < -0.3 is 10.5 Å². The molecule has 0 unspecified atom stereocenters. The molecule has 1 aromatic carbocycles. The number of benzene rings is 1.